The lowest BCUT2D eigenvalue weighted by molar-refractivity contribution is 1.63. The Kier molecular flexibility index (Phi) is 6.22. The van der Waals surface area contributed by atoms with Crippen LogP contribution in [0.15, 0.2) is 182 Å². The maximum atomic E-state index is 2.39. The van der Waals surface area contributed by atoms with E-state index in [-0.39, 0.29) is 0 Å². The van der Waals surface area contributed by atoms with E-state index in [1.165, 1.54) is 107 Å². The van der Waals surface area contributed by atoms with Crippen LogP contribution in [0.25, 0.3) is 107 Å². The zero-order chi connectivity index (χ0) is 33.5. The third-order valence-electron chi connectivity index (χ3n) is 10.8. The van der Waals surface area contributed by atoms with E-state index in [2.05, 4.69) is 182 Å². The van der Waals surface area contributed by atoms with Crippen molar-refractivity contribution in [3.05, 3.63) is 182 Å². The number of hydrogen-bond acceptors (Lipinski definition) is 1. The van der Waals surface area contributed by atoms with Gasteiger partial charge in [0.1, 0.15) is 0 Å². The number of rotatable bonds is 3. The summed E-state index contributed by atoms with van der Waals surface area (Å²) >= 11 is 1.91. The van der Waals surface area contributed by atoms with Gasteiger partial charge in [-0.2, -0.15) is 0 Å². The smallest absolute Gasteiger partial charge is 0.0433 e. The minimum Gasteiger partial charge on any atom is -0.135 e. The van der Waals surface area contributed by atoms with Crippen molar-refractivity contribution in [1.82, 2.24) is 0 Å². The Labute approximate surface area is 299 Å². The molecule has 0 amide bonds. The predicted octanol–water partition coefficient (Wildman–Crippen LogP) is 14.8. The van der Waals surface area contributed by atoms with Crippen molar-refractivity contribution in [2.45, 2.75) is 0 Å². The normalized spacial score (nSPS) is 11.9. The first-order valence-corrected chi connectivity index (χ1v) is 18.4. The van der Waals surface area contributed by atoms with Gasteiger partial charge in [0.25, 0.3) is 0 Å². The molecule has 0 atom stereocenters. The topological polar surface area (TPSA) is 0 Å². The Morgan fingerprint density at radius 1 is 0.255 bits per heavy atom. The van der Waals surface area contributed by atoms with Crippen LogP contribution in [0.5, 0.6) is 0 Å². The van der Waals surface area contributed by atoms with Crippen LogP contribution >= 0.6 is 11.3 Å². The average molecular weight is 663 g/mol. The SMILES string of the molecule is c1ccc2cc(-c3c4ccccc4c(-c4ccc(-c5ccc6cc7c(cc6c5)sc5c6ccccc6ccc75)cc4)c4ccccc34)ccc2c1. The molecule has 0 radical (unpaired) electrons. The summed E-state index contributed by atoms with van der Waals surface area (Å²) in [6.45, 7) is 0. The second-order valence-corrected chi connectivity index (χ2v) is 14.7. The van der Waals surface area contributed by atoms with Crippen molar-refractivity contribution in [2.75, 3.05) is 0 Å². The van der Waals surface area contributed by atoms with Gasteiger partial charge in [0, 0.05) is 20.2 Å². The third kappa shape index (κ3) is 4.45. The van der Waals surface area contributed by atoms with Gasteiger partial charge in [-0.05, 0) is 112 Å². The fourth-order valence-corrected chi connectivity index (χ4v) is 9.62. The van der Waals surface area contributed by atoms with E-state index < -0.39 is 0 Å². The van der Waals surface area contributed by atoms with E-state index in [9.17, 15) is 0 Å². The first-order valence-electron chi connectivity index (χ1n) is 17.6. The van der Waals surface area contributed by atoms with E-state index in [4.69, 9.17) is 0 Å². The van der Waals surface area contributed by atoms with Crippen molar-refractivity contribution in [3.63, 3.8) is 0 Å². The fourth-order valence-electron chi connectivity index (χ4n) is 8.35. The zero-order valence-electron chi connectivity index (χ0n) is 27.7. The number of hydrogen-bond donors (Lipinski definition) is 0. The van der Waals surface area contributed by atoms with Gasteiger partial charge >= 0.3 is 0 Å². The summed E-state index contributed by atoms with van der Waals surface area (Å²) < 4.78 is 2.71. The highest BCUT2D eigenvalue weighted by molar-refractivity contribution is 7.26. The molecule has 0 saturated carbocycles. The lowest BCUT2D eigenvalue weighted by Gasteiger charge is -2.18. The highest BCUT2D eigenvalue weighted by Gasteiger charge is 2.17. The highest BCUT2D eigenvalue weighted by Crippen LogP contribution is 2.45. The van der Waals surface area contributed by atoms with Crippen molar-refractivity contribution >= 4 is 85.4 Å². The van der Waals surface area contributed by atoms with Gasteiger partial charge in [-0.1, -0.05) is 158 Å². The molecular formula is C50H30S. The van der Waals surface area contributed by atoms with Gasteiger partial charge in [-0.15, -0.1) is 11.3 Å². The summed E-state index contributed by atoms with van der Waals surface area (Å²) in [6.07, 6.45) is 0. The van der Waals surface area contributed by atoms with Gasteiger partial charge < -0.3 is 0 Å². The van der Waals surface area contributed by atoms with Crippen LogP contribution in [0.2, 0.25) is 0 Å². The van der Waals surface area contributed by atoms with Crippen LogP contribution in [0.1, 0.15) is 0 Å². The first kappa shape index (κ1) is 28.5. The molecule has 0 unspecified atom stereocenters. The fraction of sp³-hybridized carbons (Fsp3) is 0. The zero-order valence-corrected chi connectivity index (χ0v) is 28.5. The summed E-state index contributed by atoms with van der Waals surface area (Å²) in [7, 11) is 0. The molecule has 51 heavy (non-hydrogen) atoms. The Morgan fingerprint density at radius 3 is 1.47 bits per heavy atom. The molecule has 0 aliphatic rings. The molecule has 0 N–H and O–H groups in total. The summed E-state index contributed by atoms with van der Waals surface area (Å²) in [5.41, 5.74) is 7.53. The van der Waals surface area contributed by atoms with Gasteiger partial charge in [0.15, 0.2) is 0 Å². The molecule has 236 valence electrons. The lowest BCUT2D eigenvalue weighted by Crippen LogP contribution is -1.91. The summed E-state index contributed by atoms with van der Waals surface area (Å²) in [4.78, 5) is 0. The molecule has 11 rings (SSSR count). The van der Waals surface area contributed by atoms with E-state index in [1.807, 2.05) is 11.3 Å². The van der Waals surface area contributed by atoms with Gasteiger partial charge in [0.2, 0.25) is 0 Å². The number of fused-ring (bicyclic) bond motifs is 9. The Bertz CT molecular complexity index is 3120. The van der Waals surface area contributed by atoms with E-state index in [1.54, 1.807) is 0 Å². The molecular weight excluding hydrogens is 633 g/mol. The maximum absolute atomic E-state index is 2.39. The second kappa shape index (κ2) is 11.1. The van der Waals surface area contributed by atoms with Crippen LogP contribution in [-0.2, 0) is 0 Å². The summed E-state index contributed by atoms with van der Waals surface area (Å²) in [5, 5.41) is 15.5. The number of benzene rings is 10. The quantitative estimate of drug-likeness (QED) is 0.165. The van der Waals surface area contributed by atoms with Crippen molar-refractivity contribution in [3.8, 4) is 33.4 Å². The molecule has 1 heteroatoms. The monoisotopic (exact) mass is 662 g/mol. The van der Waals surface area contributed by atoms with Crippen LogP contribution in [-0.4, -0.2) is 0 Å². The Hall–Kier alpha value is -6.28. The molecule has 0 aliphatic heterocycles. The van der Waals surface area contributed by atoms with Crippen LogP contribution < -0.4 is 0 Å². The maximum Gasteiger partial charge on any atom is 0.0433 e. The third-order valence-corrected chi connectivity index (χ3v) is 12.0. The van der Waals surface area contributed by atoms with E-state index in [0.29, 0.717) is 0 Å². The van der Waals surface area contributed by atoms with Crippen molar-refractivity contribution in [2.24, 2.45) is 0 Å². The van der Waals surface area contributed by atoms with Crippen molar-refractivity contribution in [1.29, 1.82) is 0 Å². The van der Waals surface area contributed by atoms with Crippen LogP contribution in [0, 0.1) is 0 Å². The molecule has 11 aromatic rings. The van der Waals surface area contributed by atoms with Gasteiger partial charge in [-0.25, -0.2) is 0 Å². The average Bonchev–Trinajstić information content (AvgIpc) is 3.56. The Morgan fingerprint density at radius 2 is 0.745 bits per heavy atom. The van der Waals surface area contributed by atoms with Crippen LogP contribution in [0.3, 0.4) is 0 Å². The van der Waals surface area contributed by atoms with E-state index in [0.717, 1.165) is 0 Å². The standard InChI is InChI=1S/C50H30S/c1-2-11-35-27-38(24-19-31(35)9-1)49-43-15-7-5-13-41(43)48(42-14-6-8-16-44(42)49)34-20-17-32(18-21-34)36-22-23-37-29-46-45-26-25-33-10-3-4-12-40(33)50(45)51-47(46)30-39(37)28-36/h1-30H. The molecule has 0 nitrogen and oxygen atoms in total. The molecule has 1 aromatic heterocycles. The Balaban J connectivity index is 1.03. The minimum absolute atomic E-state index is 1.23. The van der Waals surface area contributed by atoms with Gasteiger partial charge in [-0.3, -0.25) is 0 Å². The highest BCUT2D eigenvalue weighted by atomic mass is 32.1. The molecule has 1 heterocycles. The minimum atomic E-state index is 1.23. The first-order chi connectivity index (χ1) is 25.3. The summed E-state index contributed by atoms with van der Waals surface area (Å²) in [6, 6.07) is 67.5. The molecule has 0 saturated heterocycles. The predicted molar refractivity (Wildman–Crippen MR) is 223 cm³/mol. The van der Waals surface area contributed by atoms with Crippen molar-refractivity contribution < 1.29 is 0 Å². The van der Waals surface area contributed by atoms with E-state index >= 15 is 0 Å². The molecule has 0 fully saturated rings. The molecule has 0 aliphatic carbocycles. The van der Waals surface area contributed by atoms with Gasteiger partial charge in [0.05, 0.1) is 0 Å². The lowest BCUT2D eigenvalue weighted by atomic mass is 9.85. The molecule has 0 spiro atoms. The molecule has 10 aromatic carbocycles. The number of thiophene rings is 1. The molecule has 0 bridgehead atoms. The summed E-state index contributed by atoms with van der Waals surface area (Å²) in [5.74, 6) is 0. The largest absolute Gasteiger partial charge is 0.135 e. The second-order valence-electron chi connectivity index (χ2n) is 13.7. The van der Waals surface area contributed by atoms with Crippen LogP contribution in [0.4, 0.5) is 0 Å².